The summed E-state index contributed by atoms with van der Waals surface area (Å²) in [7, 11) is 3.51. The summed E-state index contributed by atoms with van der Waals surface area (Å²) in [4.78, 5) is 33.5. The Balaban J connectivity index is 1.26. The van der Waals surface area contributed by atoms with Crippen molar-refractivity contribution in [2.45, 2.75) is 62.4 Å². The normalized spacial score (nSPS) is 26.9. The van der Waals surface area contributed by atoms with E-state index < -0.39 is 0 Å². The van der Waals surface area contributed by atoms with Gasteiger partial charge in [-0.1, -0.05) is 0 Å². The Labute approximate surface area is 213 Å². The number of carbonyl (C=O) groups excluding carboxylic acids is 2. The fourth-order valence-corrected chi connectivity index (χ4v) is 7.06. The van der Waals surface area contributed by atoms with Crippen molar-refractivity contribution in [3.63, 3.8) is 0 Å². The predicted octanol–water partition coefficient (Wildman–Crippen LogP) is 4.06. The van der Waals surface area contributed by atoms with Gasteiger partial charge in [0.1, 0.15) is 12.4 Å². The van der Waals surface area contributed by atoms with Gasteiger partial charge in [-0.3, -0.25) is 4.90 Å². The fraction of sp³-hybridized carbons (Fsp3) is 0.643. The lowest BCUT2D eigenvalue weighted by Gasteiger charge is -2.42. The van der Waals surface area contributed by atoms with E-state index in [0.717, 1.165) is 69.4 Å². The average Bonchev–Trinajstić information content (AvgIpc) is 3.44. The second kappa shape index (κ2) is 9.93. The molecule has 3 aliphatic heterocycles. The lowest BCUT2D eigenvalue weighted by atomic mass is 9.74. The van der Waals surface area contributed by atoms with Gasteiger partial charge in [-0.2, -0.15) is 0 Å². The summed E-state index contributed by atoms with van der Waals surface area (Å²) in [5.74, 6) is 2.78. The molecule has 4 aliphatic rings. The highest BCUT2D eigenvalue weighted by Gasteiger charge is 2.49. The van der Waals surface area contributed by atoms with Crippen molar-refractivity contribution < 1.29 is 18.7 Å². The van der Waals surface area contributed by atoms with Crippen molar-refractivity contribution in [3.8, 4) is 12.3 Å². The molecule has 1 aromatic carbocycles. The molecule has 1 saturated carbocycles. The number of likely N-dealkylation sites (tertiary alicyclic amines) is 2. The number of nitrogens with zero attached hydrogens (tertiary/aromatic N) is 4. The highest BCUT2D eigenvalue weighted by molar-refractivity contribution is 5.95. The van der Waals surface area contributed by atoms with Gasteiger partial charge in [0.05, 0.1) is 0 Å². The number of hydrogen-bond acceptors (Lipinski definition) is 4. The molecular weight excluding hydrogens is 459 g/mol. The van der Waals surface area contributed by atoms with Gasteiger partial charge in [-0.05, 0) is 81.3 Å². The summed E-state index contributed by atoms with van der Waals surface area (Å²) in [6.45, 7) is 3.46. The maximum Gasteiger partial charge on any atom is 0.410 e. The average molecular weight is 497 g/mol. The summed E-state index contributed by atoms with van der Waals surface area (Å²) < 4.78 is 19.7. The third-order valence-corrected chi connectivity index (χ3v) is 8.88. The van der Waals surface area contributed by atoms with E-state index in [-0.39, 0.29) is 36.0 Å². The first-order chi connectivity index (χ1) is 17.3. The van der Waals surface area contributed by atoms with E-state index >= 15 is 0 Å². The highest BCUT2D eigenvalue weighted by atomic mass is 19.1. The number of terminal acetylenes is 1. The summed E-state index contributed by atoms with van der Waals surface area (Å²) in [6, 6.07) is 5.45. The molecule has 5 rings (SSSR count). The van der Waals surface area contributed by atoms with Gasteiger partial charge >= 0.3 is 12.1 Å². The maximum atomic E-state index is 14.3. The van der Waals surface area contributed by atoms with Crippen LogP contribution >= 0.6 is 0 Å². The second-order valence-corrected chi connectivity index (χ2v) is 11.1. The number of amides is 3. The van der Waals surface area contributed by atoms with Crippen molar-refractivity contribution in [1.29, 1.82) is 0 Å². The number of anilines is 1. The number of hydrogen-bond donors (Lipinski definition) is 0. The molecule has 1 aromatic rings. The largest absolute Gasteiger partial charge is 0.448 e. The van der Waals surface area contributed by atoms with Crippen LogP contribution in [0.3, 0.4) is 0 Å². The summed E-state index contributed by atoms with van der Waals surface area (Å²) in [5.41, 5.74) is 1.60. The summed E-state index contributed by atoms with van der Waals surface area (Å²) >= 11 is 0. The number of benzene rings is 1. The van der Waals surface area contributed by atoms with Crippen molar-refractivity contribution >= 4 is 17.8 Å². The molecule has 1 aliphatic carbocycles. The smallest absolute Gasteiger partial charge is 0.410 e. The van der Waals surface area contributed by atoms with Crippen LogP contribution in [0.25, 0.3) is 0 Å². The summed E-state index contributed by atoms with van der Waals surface area (Å²) in [5, 5.41) is 0. The van der Waals surface area contributed by atoms with Crippen molar-refractivity contribution in [1.82, 2.24) is 14.7 Å². The molecule has 194 valence electrons. The molecule has 3 atom stereocenters. The van der Waals surface area contributed by atoms with E-state index in [1.54, 1.807) is 31.1 Å². The van der Waals surface area contributed by atoms with Crippen LogP contribution in [0, 0.1) is 24.1 Å². The molecule has 3 unspecified atom stereocenters. The van der Waals surface area contributed by atoms with E-state index in [1.807, 2.05) is 9.80 Å². The Morgan fingerprint density at radius 1 is 1.22 bits per heavy atom. The van der Waals surface area contributed by atoms with Gasteiger partial charge in [-0.15, -0.1) is 12.3 Å². The zero-order chi connectivity index (χ0) is 25.4. The zero-order valence-electron chi connectivity index (χ0n) is 21.4. The van der Waals surface area contributed by atoms with Crippen molar-refractivity contribution in [3.05, 3.63) is 29.6 Å². The Hall–Kier alpha value is -2.79. The summed E-state index contributed by atoms with van der Waals surface area (Å²) in [6.07, 6.45) is 11.5. The number of urea groups is 1. The standard InChI is InChI=1S/C28H37FN4O3/c1-4-5-15-36-27(35)32-12-6-7-20-16-22(18-25(20)32)31-13-10-28(11-14-31)19-33(26(34)30(2)3)24-9-8-21(29)17-23(24)28/h1,8-9,17,20,22,25H,5-7,10-16,18-19H2,2-3H3. The molecule has 0 aromatic heterocycles. The third-order valence-electron chi connectivity index (χ3n) is 8.88. The van der Waals surface area contributed by atoms with Gasteiger partial charge < -0.3 is 19.4 Å². The van der Waals surface area contributed by atoms with Gasteiger partial charge in [-0.25, -0.2) is 14.0 Å². The van der Waals surface area contributed by atoms with Crippen LogP contribution < -0.4 is 4.90 Å². The fourth-order valence-electron chi connectivity index (χ4n) is 7.06. The monoisotopic (exact) mass is 496 g/mol. The molecule has 3 fully saturated rings. The minimum atomic E-state index is -0.246. The number of fused-ring (bicyclic) bond motifs is 3. The number of halogens is 1. The predicted molar refractivity (Wildman–Crippen MR) is 136 cm³/mol. The van der Waals surface area contributed by atoms with Crippen LogP contribution in [0.4, 0.5) is 19.7 Å². The molecule has 3 amide bonds. The number of piperidine rings is 2. The van der Waals surface area contributed by atoms with Crippen LogP contribution in [0.1, 0.15) is 50.5 Å². The molecule has 2 saturated heterocycles. The minimum absolute atomic E-state index is 0.0590. The second-order valence-electron chi connectivity index (χ2n) is 11.1. The van der Waals surface area contributed by atoms with Crippen LogP contribution in [0.15, 0.2) is 18.2 Å². The van der Waals surface area contributed by atoms with Gasteiger partial charge in [0.25, 0.3) is 0 Å². The SMILES string of the molecule is C#CCCOC(=O)N1CCCC2CC(N3CCC4(CC3)CN(C(=O)N(C)C)c3ccc(F)cc34)CC21. The topological polar surface area (TPSA) is 56.3 Å². The molecule has 8 heteroatoms. The van der Waals surface area contributed by atoms with Crippen LogP contribution in [-0.4, -0.2) is 85.8 Å². The number of rotatable bonds is 3. The molecule has 36 heavy (non-hydrogen) atoms. The molecular formula is C28H37FN4O3. The first-order valence-corrected chi connectivity index (χ1v) is 13.2. The lowest BCUT2D eigenvalue weighted by molar-refractivity contribution is 0.0616. The molecule has 3 heterocycles. The van der Waals surface area contributed by atoms with Gasteiger partial charge in [0, 0.05) is 56.8 Å². The molecule has 0 N–H and O–H groups in total. The molecule has 0 bridgehead atoms. The first-order valence-electron chi connectivity index (χ1n) is 13.2. The third kappa shape index (κ3) is 4.43. The lowest BCUT2D eigenvalue weighted by Crippen LogP contribution is -2.50. The number of carbonyl (C=O) groups is 2. The van der Waals surface area contributed by atoms with E-state index in [0.29, 0.717) is 24.9 Å². The van der Waals surface area contributed by atoms with Crippen molar-refractivity contribution in [2.24, 2.45) is 5.92 Å². The van der Waals surface area contributed by atoms with Crippen molar-refractivity contribution in [2.75, 3.05) is 51.8 Å². The van der Waals surface area contributed by atoms with Crippen LogP contribution in [-0.2, 0) is 10.2 Å². The van der Waals surface area contributed by atoms with Crippen LogP contribution in [0.5, 0.6) is 0 Å². The zero-order valence-corrected chi connectivity index (χ0v) is 21.4. The van der Waals surface area contributed by atoms with E-state index in [9.17, 15) is 14.0 Å². The van der Waals surface area contributed by atoms with E-state index in [1.165, 1.54) is 6.07 Å². The molecule has 0 radical (unpaired) electrons. The van der Waals surface area contributed by atoms with Gasteiger partial charge in [0.15, 0.2) is 0 Å². The quantitative estimate of drug-likeness (QED) is 0.468. The molecule has 1 spiro atoms. The highest BCUT2D eigenvalue weighted by Crippen LogP contribution is 2.49. The number of ether oxygens (including phenoxy) is 1. The maximum absolute atomic E-state index is 14.3. The van der Waals surface area contributed by atoms with Gasteiger partial charge in [0.2, 0.25) is 0 Å². The van der Waals surface area contributed by atoms with Crippen LogP contribution in [0.2, 0.25) is 0 Å². The Morgan fingerprint density at radius 2 is 2.00 bits per heavy atom. The minimum Gasteiger partial charge on any atom is -0.448 e. The Bertz CT molecular complexity index is 1050. The Kier molecular flexibility index (Phi) is 6.86. The van der Waals surface area contributed by atoms with E-state index in [2.05, 4.69) is 10.8 Å². The first kappa shape index (κ1) is 24.9. The molecule has 7 nitrogen and oxygen atoms in total. The Morgan fingerprint density at radius 3 is 2.72 bits per heavy atom. The van der Waals surface area contributed by atoms with E-state index in [4.69, 9.17) is 11.2 Å².